The number of benzene rings is 2. The van der Waals surface area contributed by atoms with Gasteiger partial charge in [0.2, 0.25) is 5.91 Å². The predicted octanol–water partition coefficient (Wildman–Crippen LogP) is 11.1. The molecule has 7 atom stereocenters. The Bertz CT molecular complexity index is 1540. The van der Waals surface area contributed by atoms with E-state index in [-0.39, 0.29) is 24.5 Å². The van der Waals surface area contributed by atoms with Crippen LogP contribution in [0.4, 0.5) is 0 Å². The van der Waals surface area contributed by atoms with Gasteiger partial charge in [-0.2, -0.15) is 0 Å². The molecule has 1 aliphatic heterocycles. The van der Waals surface area contributed by atoms with Crippen molar-refractivity contribution in [2.24, 2.45) is 0 Å². The van der Waals surface area contributed by atoms with Crippen molar-refractivity contribution < 1.29 is 48.7 Å². The molecule has 11 nitrogen and oxygen atoms in total. The lowest BCUT2D eigenvalue weighted by Crippen LogP contribution is -2.61. The number of allylic oxidation sites excluding steroid dienone is 1. The van der Waals surface area contributed by atoms with Crippen molar-refractivity contribution >= 4 is 17.8 Å². The third kappa shape index (κ3) is 23.6. The molecule has 0 bridgehead atoms. The van der Waals surface area contributed by atoms with Gasteiger partial charge in [-0.15, -0.1) is 0 Å². The van der Waals surface area contributed by atoms with Gasteiger partial charge in [-0.25, -0.2) is 9.59 Å². The minimum atomic E-state index is -1.67. The molecule has 1 fully saturated rings. The smallest absolute Gasteiger partial charge is 0.338 e. The second-order valence-corrected chi connectivity index (χ2v) is 17.9. The normalized spacial score (nSPS) is 19.5. The van der Waals surface area contributed by atoms with Crippen LogP contribution >= 0.6 is 0 Å². The Labute approximate surface area is 391 Å². The summed E-state index contributed by atoms with van der Waals surface area (Å²) >= 11 is 0. The Morgan fingerprint density at radius 2 is 1.09 bits per heavy atom. The fourth-order valence-corrected chi connectivity index (χ4v) is 8.26. The lowest BCUT2D eigenvalue weighted by Gasteiger charge is -2.41. The van der Waals surface area contributed by atoms with Gasteiger partial charge in [-0.1, -0.05) is 198 Å². The van der Waals surface area contributed by atoms with Gasteiger partial charge in [-0.3, -0.25) is 4.79 Å². The molecule has 0 spiro atoms. The van der Waals surface area contributed by atoms with Gasteiger partial charge in [0.15, 0.2) is 12.4 Å². The third-order valence-corrected chi connectivity index (χ3v) is 12.3. The molecule has 1 aliphatic rings. The number of ether oxygens (including phenoxy) is 4. The zero-order valence-electron chi connectivity index (χ0n) is 40.0. The number of aliphatic hydroxyl groups is 3. The van der Waals surface area contributed by atoms with Crippen LogP contribution in [0.15, 0.2) is 72.8 Å². The van der Waals surface area contributed by atoms with Crippen LogP contribution in [0, 0.1) is 0 Å². The summed E-state index contributed by atoms with van der Waals surface area (Å²) in [6, 6.07) is 15.9. The molecule has 0 unspecified atom stereocenters. The maximum atomic E-state index is 13.7. The van der Waals surface area contributed by atoms with Crippen LogP contribution in [0.1, 0.15) is 202 Å². The zero-order chi connectivity index (χ0) is 46.7. The Morgan fingerprint density at radius 3 is 1.58 bits per heavy atom. The molecule has 0 aliphatic carbocycles. The van der Waals surface area contributed by atoms with Crippen LogP contribution in [0.5, 0.6) is 0 Å². The highest BCUT2D eigenvalue weighted by atomic mass is 16.7. The van der Waals surface area contributed by atoms with Crippen LogP contribution in [0.3, 0.4) is 0 Å². The maximum absolute atomic E-state index is 13.7. The van der Waals surface area contributed by atoms with Gasteiger partial charge in [0.25, 0.3) is 0 Å². The Morgan fingerprint density at radius 1 is 0.631 bits per heavy atom. The molecule has 2 aromatic rings. The number of aliphatic hydroxyl groups excluding tert-OH is 3. The van der Waals surface area contributed by atoms with Crippen molar-refractivity contribution in [3.05, 3.63) is 83.9 Å². The number of esters is 2. The fourth-order valence-electron chi connectivity index (χ4n) is 8.26. The monoisotopic (exact) mass is 908 g/mol. The molecule has 2 aromatic carbocycles. The van der Waals surface area contributed by atoms with E-state index >= 15 is 0 Å². The lowest BCUT2D eigenvalue weighted by atomic mass is 9.99. The van der Waals surface area contributed by atoms with Crippen LogP contribution < -0.4 is 5.32 Å². The molecule has 3 rings (SSSR count). The fraction of sp³-hybridized carbons (Fsp3) is 0.685. The van der Waals surface area contributed by atoms with Crippen LogP contribution in [0.2, 0.25) is 0 Å². The first kappa shape index (κ1) is 55.7. The second-order valence-electron chi connectivity index (χ2n) is 17.9. The maximum Gasteiger partial charge on any atom is 0.338 e. The largest absolute Gasteiger partial charge is 0.452 e. The summed E-state index contributed by atoms with van der Waals surface area (Å²) in [5.41, 5.74) is 0.562. The summed E-state index contributed by atoms with van der Waals surface area (Å²) < 4.78 is 23.9. The van der Waals surface area contributed by atoms with E-state index in [1.807, 2.05) is 12.1 Å². The molecule has 1 amide bonds. The summed E-state index contributed by atoms with van der Waals surface area (Å²) in [6.07, 6.45) is 25.4. The van der Waals surface area contributed by atoms with Crippen LogP contribution in [-0.4, -0.2) is 89.2 Å². The Kier molecular flexibility index (Phi) is 30.5. The van der Waals surface area contributed by atoms with Gasteiger partial charge in [0.05, 0.1) is 30.4 Å². The van der Waals surface area contributed by atoms with E-state index in [0.717, 1.165) is 44.9 Å². The average molecular weight is 908 g/mol. The number of amides is 1. The highest BCUT2D eigenvalue weighted by Crippen LogP contribution is 2.26. The number of carbonyl (C=O) groups is 3. The predicted molar refractivity (Wildman–Crippen MR) is 257 cm³/mol. The van der Waals surface area contributed by atoms with Gasteiger partial charge in [0, 0.05) is 6.42 Å². The molecular weight excluding hydrogens is 823 g/mol. The first-order valence-electron chi connectivity index (χ1n) is 25.5. The highest BCUT2D eigenvalue weighted by Gasteiger charge is 2.47. The topological polar surface area (TPSA) is 161 Å². The van der Waals surface area contributed by atoms with E-state index in [4.69, 9.17) is 18.9 Å². The summed E-state index contributed by atoms with van der Waals surface area (Å²) in [6.45, 7) is 3.56. The van der Waals surface area contributed by atoms with Gasteiger partial charge in [0.1, 0.15) is 24.4 Å². The molecule has 11 heteroatoms. The van der Waals surface area contributed by atoms with Gasteiger partial charge in [-0.05, 0) is 49.6 Å². The number of nitrogens with one attached hydrogen (secondary N) is 1. The van der Waals surface area contributed by atoms with E-state index in [1.165, 1.54) is 109 Å². The number of hydrogen-bond donors (Lipinski definition) is 4. The standard InChI is InChI=1S/C54H85NO10/c1-3-5-7-9-11-13-15-17-19-21-23-25-33-39-46(63-52(60)43-35-29-27-30-36-43)45(55-48(57)40-34-26-24-22-20-18-16-14-12-10-8-6-4-2)42-62-54-51(50(59)49(58)47(41-56)64-54)65-53(61)44-37-31-28-32-38-44/h27-33,35-39,45-47,49-51,54,56,58-59H,3-26,34,40-42H2,1-2H3,(H,55,57)/t45-,46+,47+,49-,50-,51+,54-/m0/s1. The number of unbranched alkanes of at least 4 members (excludes halogenated alkanes) is 23. The quantitative estimate of drug-likeness (QED) is 0.0292. The minimum Gasteiger partial charge on any atom is -0.452 e. The van der Waals surface area contributed by atoms with Crippen LogP contribution in [0.25, 0.3) is 0 Å². The minimum absolute atomic E-state index is 0.214. The molecule has 0 radical (unpaired) electrons. The lowest BCUT2D eigenvalue weighted by molar-refractivity contribution is -0.301. The first-order chi connectivity index (χ1) is 31.8. The first-order valence-corrected chi connectivity index (χ1v) is 25.5. The average Bonchev–Trinajstić information content (AvgIpc) is 3.32. The van der Waals surface area contributed by atoms with Crippen molar-refractivity contribution in [3.63, 3.8) is 0 Å². The van der Waals surface area contributed by atoms with E-state index in [9.17, 15) is 29.7 Å². The molecule has 65 heavy (non-hydrogen) atoms. The van der Waals surface area contributed by atoms with Crippen molar-refractivity contribution in [2.45, 2.75) is 224 Å². The van der Waals surface area contributed by atoms with Crippen molar-refractivity contribution in [2.75, 3.05) is 13.2 Å². The molecular formula is C54H85NO10. The van der Waals surface area contributed by atoms with Gasteiger partial charge < -0.3 is 39.6 Å². The van der Waals surface area contributed by atoms with Gasteiger partial charge >= 0.3 is 11.9 Å². The SMILES string of the molecule is CCCCCCCCCCCCCC=C[C@@H](OC(=O)c1ccccc1)[C@H](CO[C@H]1O[C@H](CO)[C@H](O)[C@H](O)[C@H]1OC(=O)c1ccccc1)NC(=O)CCCCCCCCCCCCCCC. The number of carbonyl (C=O) groups excluding carboxylic acids is 3. The van der Waals surface area contributed by atoms with Crippen molar-refractivity contribution in [1.82, 2.24) is 5.32 Å². The van der Waals surface area contributed by atoms with Crippen molar-refractivity contribution in [3.8, 4) is 0 Å². The molecule has 0 aromatic heterocycles. The van der Waals surface area contributed by atoms with Crippen molar-refractivity contribution in [1.29, 1.82) is 0 Å². The summed E-state index contributed by atoms with van der Waals surface area (Å²) in [5.74, 6) is -1.58. The number of hydrogen-bond acceptors (Lipinski definition) is 10. The Balaban J connectivity index is 1.70. The zero-order valence-corrected chi connectivity index (χ0v) is 40.0. The van der Waals surface area contributed by atoms with E-state index in [1.54, 1.807) is 60.7 Å². The molecule has 366 valence electrons. The second kappa shape index (κ2) is 35.6. The molecule has 1 saturated heterocycles. The van der Waals surface area contributed by atoms with E-state index < -0.39 is 61.4 Å². The molecule has 4 N–H and O–H groups in total. The van der Waals surface area contributed by atoms with Crippen LogP contribution in [-0.2, 0) is 23.7 Å². The highest BCUT2D eigenvalue weighted by molar-refractivity contribution is 5.90. The molecule has 1 heterocycles. The number of rotatable bonds is 37. The summed E-state index contributed by atoms with van der Waals surface area (Å²) in [7, 11) is 0. The van der Waals surface area contributed by atoms with E-state index in [0.29, 0.717) is 12.0 Å². The summed E-state index contributed by atoms with van der Waals surface area (Å²) in [4.78, 5) is 40.4. The third-order valence-electron chi connectivity index (χ3n) is 12.3. The molecule has 0 saturated carbocycles. The summed E-state index contributed by atoms with van der Waals surface area (Å²) in [5, 5.41) is 35.0. The van der Waals surface area contributed by atoms with E-state index in [2.05, 4.69) is 19.2 Å². The Hall–Kier alpha value is -3.61.